The van der Waals surface area contributed by atoms with Gasteiger partial charge in [-0.25, -0.2) is 4.98 Å². The summed E-state index contributed by atoms with van der Waals surface area (Å²) in [5, 5.41) is 0. The van der Waals surface area contributed by atoms with Gasteiger partial charge in [0.05, 0.1) is 22.8 Å². The first-order valence-electron chi connectivity index (χ1n) is 9.90. The molecule has 5 rings (SSSR count). The second-order valence-electron chi connectivity index (χ2n) is 7.11. The second-order valence-corrected chi connectivity index (χ2v) is 7.11. The van der Waals surface area contributed by atoms with E-state index in [2.05, 4.69) is 63.3 Å². The molecular formula is C26H20N4. The van der Waals surface area contributed by atoms with Crippen LogP contribution in [-0.2, 0) is 6.54 Å². The summed E-state index contributed by atoms with van der Waals surface area (Å²) in [6.45, 7) is 0.863. The van der Waals surface area contributed by atoms with Crippen molar-refractivity contribution in [2.45, 2.75) is 6.54 Å². The molecule has 144 valence electrons. The Bertz CT molecular complexity index is 1170. The van der Waals surface area contributed by atoms with Crippen molar-refractivity contribution in [1.29, 1.82) is 0 Å². The summed E-state index contributed by atoms with van der Waals surface area (Å²) in [5.41, 5.74) is 6.87. The van der Waals surface area contributed by atoms with Crippen molar-refractivity contribution in [1.82, 2.24) is 19.5 Å². The normalized spacial score (nSPS) is 10.8. The molecule has 30 heavy (non-hydrogen) atoms. The Morgan fingerprint density at radius 3 is 1.70 bits per heavy atom. The van der Waals surface area contributed by atoms with E-state index in [-0.39, 0.29) is 0 Å². The Hall–Kier alpha value is -4.05. The van der Waals surface area contributed by atoms with Crippen molar-refractivity contribution in [2.24, 2.45) is 0 Å². The van der Waals surface area contributed by atoms with Crippen molar-refractivity contribution < 1.29 is 0 Å². The van der Waals surface area contributed by atoms with E-state index in [0.29, 0.717) is 0 Å². The molecule has 0 saturated heterocycles. The number of pyridine rings is 3. The van der Waals surface area contributed by atoms with Gasteiger partial charge in [0, 0.05) is 31.3 Å². The number of hydrogen-bond donors (Lipinski definition) is 0. The maximum Gasteiger partial charge on any atom is 0.0900 e. The largest absolute Gasteiger partial charge is 0.350 e. The van der Waals surface area contributed by atoms with Crippen LogP contribution in [0.25, 0.3) is 33.9 Å². The minimum absolute atomic E-state index is 0.838. The van der Waals surface area contributed by atoms with E-state index >= 15 is 0 Å². The first kappa shape index (κ1) is 18.0. The van der Waals surface area contributed by atoms with Crippen LogP contribution in [0.3, 0.4) is 0 Å². The highest BCUT2D eigenvalue weighted by Gasteiger charge is 2.10. The van der Waals surface area contributed by atoms with Crippen LogP contribution in [0, 0.1) is 0 Å². The fourth-order valence-corrected chi connectivity index (χ4v) is 3.48. The van der Waals surface area contributed by atoms with Crippen LogP contribution in [0.4, 0.5) is 0 Å². The van der Waals surface area contributed by atoms with Crippen molar-refractivity contribution in [3.8, 4) is 33.9 Å². The van der Waals surface area contributed by atoms with Gasteiger partial charge in [-0.3, -0.25) is 9.97 Å². The maximum atomic E-state index is 4.84. The molecule has 4 aromatic heterocycles. The molecule has 0 aliphatic rings. The third-order valence-corrected chi connectivity index (χ3v) is 5.00. The van der Waals surface area contributed by atoms with Crippen molar-refractivity contribution in [3.63, 3.8) is 0 Å². The number of rotatable bonds is 5. The average Bonchev–Trinajstić information content (AvgIpc) is 3.33. The van der Waals surface area contributed by atoms with E-state index in [0.717, 1.165) is 40.4 Å². The summed E-state index contributed by atoms with van der Waals surface area (Å²) in [6, 6.07) is 28.7. The first-order valence-corrected chi connectivity index (χ1v) is 9.90. The molecule has 0 N–H and O–H groups in total. The third kappa shape index (κ3) is 3.89. The number of nitrogens with zero attached hydrogens (tertiary/aromatic N) is 4. The highest BCUT2D eigenvalue weighted by atomic mass is 14.9. The molecule has 0 atom stereocenters. The monoisotopic (exact) mass is 388 g/mol. The topological polar surface area (TPSA) is 43.6 Å². The van der Waals surface area contributed by atoms with Crippen molar-refractivity contribution >= 4 is 0 Å². The van der Waals surface area contributed by atoms with Gasteiger partial charge < -0.3 is 4.57 Å². The minimum Gasteiger partial charge on any atom is -0.350 e. The van der Waals surface area contributed by atoms with Gasteiger partial charge in [-0.2, -0.15) is 0 Å². The minimum atomic E-state index is 0.838. The van der Waals surface area contributed by atoms with Gasteiger partial charge in [0.25, 0.3) is 0 Å². The summed E-state index contributed by atoms with van der Waals surface area (Å²) in [4.78, 5) is 13.8. The van der Waals surface area contributed by atoms with Crippen molar-refractivity contribution in [2.75, 3.05) is 0 Å². The molecule has 4 heterocycles. The summed E-state index contributed by atoms with van der Waals surface area (Å²) < 4.78 is 2.17. The van der Waals surface area contributed by atoms with Gasteiger partial charge in [0.2, 0.25) is 0 Å². The van der Waals surface area contributed by atoms with Gasteiger partial charge in [-0.15, -0.1) is 0 Å². The van der Waals surface area contributed by atoms with Crippen LogP contribution >= 0.6 is 0 Å². The molecule has 0 aliphatic heterocycles. The summed E-state index contributed by atoms with van der Waals surface area (Å²) in [7, 11) is 0. The number of benzene rings is 1. The van der Waals surface area contributed by atoms with Gasteiger partial charge in [0.1, 0.15) is 0 Å². The van der Waals surface area contributed by atoms with Gasteiger partial charge in [-0.05, 0) is 65.2 Å². The molecule has 4 heteroatoms. The van der Waals surface area contributed by atoms with E-state index in [9.17, 15) is 0 Å². The lowest BCUT2D eigenvalue weighted by Crippen LogP contribution is -1.96. The van der Waals surface area contributed by atoms with E-state index in [4.69, 9.17) is 4.98 Å². The highest BCUT2D eigenvalue weighted by Crippen LogP contribution is 2.29. The Balaban J connectivity index is 1.55. The zero-order chi connectivity index (χ0) is 20.2. The van der Waals surface area contributed by atoms with Gasteiger partial charge >= 0.3 is 0 Å². The Morgan fingerprint density at radius 2 is 1.17 bits per heavy atom. The van der Waals surface area contributed by atoms with E-state index in [1.54, 1.807) is 12.4 Å². The standard InChI is InChI=1S/C26H20N4/c1-3-13-27-23(7-1)25-17-22(18-26(29-25)24-8-2-4-14-28-24)21-11-9-20(10-12-21)19-30-15-5-6-16-30/h1-18H,19H2. The molecule has 0 radical (unpaired) electrons. The zero-order valence-corrected chi connectivity index (χ0v) is 16.4. The molecule has 0 aliphatic carbocycles. The molecule has 0 fully saturated rings. The lowest BCUT2D eigenvalue weighted by Gasteiger charge is -2.10. The van der Waals surface area contributed by atoms with E-state index < -0.39 is 0 Å². The average molecular weight is 388 g/mol. The quantitative estimate of drug-likeness (QED) is 0.387. The number of aromatic nitrogens is 4. The molecule has 0 bridgehead atoms. The molecule has 0 spiro atoms. The fraction of sp³-hybridized carbons (Fsp3) is 0.0385. The molecule has 0 saturated carbocycles. The first-order chi connectivity index (χ1) is 14.8. The Morgan fingerprint density at radius 1 is 0.567 bits per heavy atom. The maximum absolute atomic E-state index is 4.84. The molecular weight excluding hydrogens is 368 g/mol. The predicted molar refractivity (Wildman–Crippen MR) is 120 cm³/mol. The lowest BCUT2D eigenvalue weighted by atomic mass is 10.0. The highest BCUT2D eigenvalue weighted by molar-refractivity contribution is 5.74. The molecule has 4 nitrogen and oxygen atoms in total. The summed E-state index contributed by atoms with van der Waals surface area (Å²) >= 11 is 0. The predicted octanol–water partition coefficient (Wildman–Crippen LogP) is 5.72. The molecule has 1 aromatic carbocycles. The molecule has 5 aromatic rings. The van der Waals surface area contributed by atoms with Crippen molar-refractivity contribution in [3.05, 3.63) is 115 Å². The Labute approximate surface area is 175 Å². The second kappa shape index (κ2) is 8.13. The van der Waals surface area contributed by atoms with Gasteiger partial charge in [-0.1, -0.05) is 36.4 Å². The van der Waals surface area contributed by atoms with Crippen LogP contribution in [0.1, 0.15) is 5.56 Å². The van der Waals surface area contributed by atoms with Gasteiger partial charge in [0.15, 0.2) is 0 Å². The lowest BCUT2D eigenvalue weighted by molar-refractivity contribution is 0.806. The SMILES string of the molecule is c1ccc(-c2cc(-c3ccc(Cn4cccc4)cc3)cc(-c3ccccn3)n2)nc1. The van der Waals surface area contributed by atoms with E-state index in [1.807, 2.05) is 48.5 Å². The van der Waals surface area contributed by atoms with E-state index in [1.165, 1.54) is 5.56 Å². The molecule has 0 unspecified atom stereocenters. The third-order valence-electron chi connectivity index (χ3n) is 5.00. The zero-order valence-electron chi connectivity index (χ0n) is 16.4. The van der Waals surface area contributed by atoms with Crippen LogP contribution in [0.15, 0.2) is 110 Å². The van der Waals surface area contributed by atoms with Crippen LogP contribution < -0.4 is 0 Å². The fourth-order valence-electron chi connectivity index (χ4n) is 3.48. The molecule has 0 amide bonds. The Kier molecular flexibility index (Phi) is 4.88. The van der Waals surface area contributed by atoms with Crippen LogP contribution in [0.5, 0.6) is 0 Å². The smallest absolute Gasteiger partial charge is 0.0900 e. The summed E-state index contributed by atoms with van der Waals surface area (Å²) in [6.07, 6.45) is 7.74. The van der Waals surface area contributed by atoms with Crippen LogP contribution in [-0.4, -0.2) is 19.5 Å². The summed E-state index contributed by atoms with van der Waals surface area (Å²) in [5.74, 6) is 0. The van der Waals surface area contributed by atoms with Crippen LogP contribution in [0.2, 0.25) is 0 Å². The number of hydrogen-bond acceptors (Lipinski definition) is 3.